The molecule has 0 saturated heterocycles. The summed E-state index contributed by atoms with van der Waals surface area (Å²) in [6.07, 6.45) is 4.21. The zero-order valence-electron chi connectivity index (χ0n) is 8.88. The van der Waals surface area contributed by atoms with Gasteiger partial charge in [0, 0.05) is 16.5 Å². The number of ketones is 1. The van der Waals surface area contributed by atoms with Crippen molar-refractivity contribution in [1.29, 1.82) is 0 Å². The normalized spacial score (nSPS) is 21.3. The van der Waals surface area contributed by atoms with Gasteiger partial charge in [-0.2, -0.15) is 0 Å². The first-order valence-electron chi connectivity index (χ1n) is 5.47. The summed E-state index contributed by atoms with van der Waals surface area (Å²) in [4.78, 5) is 12.2. The van der Waals surface area contributed by atoms with E-state index in [1.807, 2.05) is 18.2 Å². The van der Waals surface area contributed by atoms with Gasteiger partial charge in [-0.15, -0.1) is 0 Å². The van der Waals surface area contributed by atoms with E-state index in [0.29, 0.717) is 5.78 Å². The van der Waals surface area contributed by atoms with Crippen LogP contribution in [0.1, 0.15) is 35.2 Å². The van der Waals surface area contributed by atoms with Crippen LogP contribution in [0, 0.1) is 5.41 Å². The second-order valence-corrected chi connectivity index (χ2v) is 4.63. The van der Waals surface area contributed by atoms with Gasteiger partial charge in [0.2, 0.25) is 0 Å². The molecule has 0 bridgehead atoms. The molecule has 78 valence electrons. The van der Waals surface area contributed by atoms with Gasteiger partial charge in [0.15, 0.2) is 5.78 Å². The molecule has 1 aromatic rings. The molecular formula is C13H14O2. The highest BCUT2D eigenvalue weighted by atomic mass is 16.5. The number of hydrogen-bond donors (Lipinski definition) is 0. The van der Waals surface area contributed by atoms with Crippen molar-refractivity contribution in [2.24, 2.45) is 5.41 Å². The zero-order chi connectivity index (χ0) is 10.5. The fraction of sp³-hybridized carbons (Fsp3) is 0.462. The molecule has 15 heavy (non-hydrogen) atoms. The standard InChI is InChI=1S/C13H14O2/c1-15-11-5-2-4-9-10(11)8-13(12(9)14)6-3-7-13/h2,4-5H,3,6-8H2,1H3. The third kappa shape index (κ3) is 1.02. The van der Waals surface area contributed by atoms with Crippen LogP contribution in [-0.2, 0) is 6.42 Å². The summed E-state index contributed by atoms with van der Waals surface area (Å²) < 4.78 is 5.32. The molecule has 2 aliphatic carbocycles. The minimum Gasteiger partial charge on any atom is -0.496 e. The summed E-state index contributed by atoms with van der Waals surface area (Å²) in [6, 6.07) is 5.80. The van der Waals surface area contributed by atoms with Crippen LogP contribution in [0.2, 0.25) is 0 Å². The molecule has 3 rings (SSSR count). The molecule has 0 amide bonds. The molecule has 1 fully saturated rings. The van der Waals surface area contributed by atoms with E-state index in [2.05, 4.69) is 0 Å². The molecule has 0 aromatic heterocycles. The van der Waals surface area contributed by atoms with Crippen molar-refractivity contribution in [2.45, 2.75) is 25.7 Å². The summed E-state index contributed by atoms with van der Waals surface area (Å²) >= 11 is 0. The maximum atomic E-state index is 12.2. The van der Waals surface area contributed by atoms with E-state index in [1.165, 1.54) is 6.42 Å². The van der Waals surface area contributed by atoms with E-state index in [9.17, 15) is 4.79 Å². The Bertz CT molecular complexity index is 430. The summed E-state index contributed by atoms with van der Waals surface area (Å²) in [7, 11) is 1.67. The van der Waals surface area contributed by atoms with Crippen molar-refractivity contribution in [3.05, 3.63) is 29.3 Å². The third-order valence-corrected chi connectivity index (χ3v) is 3.91. The number of methoxy groups -OCH3 is 1. The molecule has 2 nitrogen and oxygen atoms in total. The second-order valence-electron chi connectivity index (χ2n) is 4.63. The number of benzene rings is 1. The van der Waals surface area contributed by atoms with Crippen LogP contribution < -0.4 is 4.74 Å². The highest BCUT2D eigenvalue weighted by molar-refractivity contribution is 6.06. The first-order chi connectivity index (χ1) is 7.27. The van der Waals surface area contributed by atoms with Crippen molar-refractivity contribution < 1.29 is 9.53 Å². The molecule has 0 radical (unpaired) electrons. The number of hydrogen-bond acceptors (Lipinski definition) is 2. The monoisotopic (exact) mass is 202 g/mol. The number of ether oxygens (including phenoxy) is 1. The van der Waals surface area contributed by atoms with E-state index in [0.717, 1.165) is 36.1 Å². The van der Waals surface area contributed by atoms with E-state index in [-0.39, 0.29) is 5.41 Å². The van der Waals surface area contributed by atoms with Gasteiger partial charge in [-0.3, -0.25) is 4.79 Å². The third-order valence-electron chi connectivity index (χ3n) is 3.91. The number of fused-ring (bicyclic) bond motifs is 1. The van der Waals surface area contributed by atoms with Gasteiger partial charge in [-0.25, -0.2) is 0 Å². The van der Waals surface area contributed by atoms with Crippen LogP contribution >= 0.6 is 0 Å². The molecule has 0 unspecified atom stereocenters. The van der Waals surface area contributed by atoms with Crippen LogP contribution in [-0.4, -0.2) is 12.9 Å². The Morgan fingerprint density at radius 1 is 1.33 bits per heavy atom. The van der Waals surface area contributed by atoms with Gasteiger partial charge < -0.3 is 4.74 Å². The lowest BCUT2D eigenvalue weighted by Crippen LogP contribution is -2.35. The smallest absolute Gasteiger partial charge is 0.169 e. The second kappa shape index (κ2) is 2.84. The Morgan fingerprint density at radius 3 is 2.73 bits per heavy atom. The number of rotatable bonds is 1. The minimum atomic E-state index is -0.0447. The van der Waals surface area contributed by atoms with Crippen LogP contribution in [0.4, 0.5) is 0 Å². The number of carbonyl (C=O) groups is 1. The van der Waals surface area contributed by atoms with Crippen molar-refractivity contribution in [3.8, 4) is 5.75 Å². The first-order valence-corrected chi connectivity index (χ1v) is 5.47. The van der Waals surface area contributed by atoms with E-state index in [1.54, 1.807) is 7.11 Å². The fourth-order valence-corrected chi connectivity index (χ4v) is 2.86. The van der Waals surface area contributed by atoms with Gasteiger partial charge in [-0.05, 0) is 25.3 Å². The van der Waals surface area contributed by atoms with Crippen molar-refractivity contribution in [1.82, 2.24) is 0 Å². The highest BCUT2D eigenvalue weighted by Crippen LogP contribution is 2.52. The Hall–Kier alpha value is -1.31. The summed E-state index contributed by atoms with van der Waals surface area (Å²) in [5, 5.41) is 0. The molecule has 1 saturated carbocycles. The summed E-state index contributed by atoms with van der Waals surface area (Å²) in [5.41, 5.74) is 1.98. The lowest BCUT2D eigenvalue weighted by molar-refractivity contribution is 0.0654. The number of carbonyl (C=O) groups excluding carboxylic acids is 1. The average molecular weight is 202 g/mol. The quantitative estimate of drug-likeness (QED) is 0.699. The molecule has 1 spiro atoms. The molecule has 0 heterocycles. The van der Waals surface area contributed by atoms with Crippen molar-refractivity contribution in [3.63, 3.8) is 0 Å². The maximum Gasteiger partial charge on any atom is 0.169 e. The Kier molecular flexibility index (Phi) is 1.70. The molecule has 2 aliphatic rings. The largest absolute Gasteiger partial charge is 0.496 e. The first kappa shape index (κ1) is 8.96. The molecule has 0 N–H and O–H groups in total. The lowest BCUT2D eigenvalue weighted by Gasteiger charge is -2.36. The van der Waals surface area contributed by atoms with Gasteiger partial charge in [-0.1, -0.05) is 18.6 Å². The van der Waals surface area contributed by atoms with E-state index >= 15 is 0 Å². The molecular weight excluding hydrogens is 188 g/mol. The SMILES string of the molecule is COc1cccc2c1CC1(CCC1)C2=O. The van der Waals surface area contributed by atoms with Gasteiger partial charge in [0.25, 0.3) is 0 Å². The zero-order valence-corrected chi connectivity index (χ0v) is 8.88. The van der Waals surface area contributed by atoms with Gasteiger partial charge in [0.1, 0.15) is 5.75 Å². The number of Topliss-reactive ketones (excluding diaryl/α,β-unsaturated/α-hetero) is 1. The van der Waals surface area contributed by atoms with Crippen molar-refractivity contribution >= 4 is 5.78 Å². The average Bonchev–Trinajstić information content (AvgIpc) is 2.52. The highest BCUT2D eigenvalue weighted by Gasteiger charge is 2.50. The lowest BCUT2D eigenvalue weighted by atomic mass is 9.66. The van der Waals surface area contributed by atoms with Crippen LogP contribution in [0.15, 0.2) is 18.2 Å². The van der Waals surface area contributed by atoms with Crippen LogP contribution in [0.5, 0.6) is 5.75 Å². The minimum absolute atomic E-state index is 0.0447. The summed E-state index contributed by atoms with van der Waals surface area (Å²) in [6.45, 7) is 0. The fourth-order valence-electron chi connectivity index (χ4n) is 2.86. The van der Waals surface area contributed by atoms with Crippen molar-refractivity contribution in [2.75, 3.05) is 7.11 Å². The topological polar surface area (TPSA) is 26.3 Å². The van der Waals surface area contributed by atoms with Crippen LogP contribution in [0.25, 0.3) is 0 Å². The summed E-state index contributed by atoms with van der Waals surface area (Å²) in [5.74, 6) is 1.23. The molecule has 0 aliphatic heterocycles. The Balaban J connectivity index is 2.11. The van der Waals surface area contributed by atoms with Crippen LogP contribution in [0.3, 0.4) is 0 Å². The van der Waals surface area contributed by atoms with Gasteiger partial charge >= 0.3 is 0 Å². The van der Waals surface area contributed by atoms with E-state index in [4.69, 9.17) is 4.74 Å². The Morgan fingerprint density at radius 2 is 2.13 bits per heavy atom. The maximum absolute atomic E-state index is 12.2. The molecule has 1 aromatic carbocycles. The van der Waals surface area contributed by atoms with Gasteiger partial charge in [0.05, 0.1) is 7.11 Å². The molecule has 0 atom stereocenters. The molecule has 2 heteroatoms. The predicted octanol–water partition coefficient (Wildman–Crippen LogP) is 2.60. The predicted molar refractivity (Wildman–Crippen MR) is 57.3 cm³/mol. The Labute approximate surface area is 89.2 Å². The van der Waals surface area contributed by atoms with E-state index < -0.39 is 0 Å².